The highest BCUT2D eigenvalue weighted by molar-refractivity contribution is 5.26. The van der Waals surface area contributed by atoms with Crippen LogP contribution >= 0.6 is 0 Å². The maximum Gasteiger partial charge on any atom is 0.416 e. The number of aromatic nitrogens is 3. The van der Waals surface area contributed by atoms with E-state index in [4.69, 9.17) is 0 Å². The summed E-state index contributed by atoms with van der Waals surface area (Å²) in [5.74, 6) is -0.0878. The van der Waals surface area contributed by atoms with E-state index in [0.717, 1.165) is 18.9 Å². The molecule has 1 fully saturated rings. The smallest absolute Gasteiger partial charge is 0.388 e. The van der Waals surface area contributed by atoms with E-state index in [2.05, 4.69) is 10.1 Å². The minimum absolute atomic E-state index is 0.0878. The van der Waals surface area contributed by atoms with Crippen molar-refractivity contribution in [3.8, 4) is 0 Å². The van der Waals surface area contributed by atoms with Crippen LogP contribution in [0.2, 0.25) is 0 Å². The molecule has 0 spiro atoms. The van der Waals surface area contributed by atoms with Crippen LogP contribution in [0.5, 0.6) is 0 Å². The molecule has 124 valence electrons. The maximum atomic E-state index is 12.8. The highest BCUT2D eigenvalue weighted by Gasteiger charge is 2.41. The van der Waals surface area contributed by atoms with Crippen molar-refractivity contribution >= 4 is 0 Å². The van der Waals surface area contributed by atoms with Gasteiger partial charge in [-0.2, -0.15) is 18.3 Å². The van der Waals surface area contributed by atoms with Crippen LogP contribution in [0.3, 0.4) is 0 Å². The molecule has 1 N–H and O–H groups in total. The highest BCUT2D eigenvalue weighted by atomic mass is 19.4. The summed E-state index contributed by atoms with van der Waals surface area (Å²) < 4.78 is 40.0. The van der Waals surface area contributed by atoms with Gasteiger partial charge in [-0.05, 0) is 36.8 Å². The van der Waals surface area contributed by atoms with Gasteiger partial charge in [0.15, 0.2) is 0 Å². The third-order valence-corrected chi connectivity index (χ3v) is 4.56. The van der Waals surface area contributed by atoms with Crippen molar-refractivity contribution in [2.24, 2.45) is 5.92 Å². The zero-order valence-corrected chi connectivity index (χ0v) is 12.5. The second-order valence-corrected chi connectivity index (χ2v) is 6.19. The molecular formula is C16H18F3N3O. The molecule has 1 aliphatic rings. The molecule has 1 aromatic carbocycles. The molecule has 1 heterocycles. The van der Waals surface area contributed by atoms with Gasteiger partial charge in [0.05, 0.1) is 17.7 Å². The number of halogens is 3. The molecule has 2 atom stereocenters. The molecule has 7 heteroatoms. The second kappa shape index (κ2) is 5.96. The molecule has 0 radical (unpaired) electrons. The summed E-state index contributed by atoms with van der Waals surface area (Å²) >= 11 is 0. The first-order valence-corrected chi connectivity index (χ1v) is 7.58. The number of rotatable bonds is 4. The molecule has 4 nitrogen and oxygen atoms in total. The van der Waals surface area contributed by atoms with E-state index in [0.29, 0.717) is 24.9 Å². The minimum Gasteiger partial charge on any atom is -0.388 e. The second-order valence-electron chi connectivity index (χ2n) is 6.19. The molecule has 2 unspecified atom stereocenters. The van der Waals surface area contributed by atoms with E-state index in [9.17, 15) is 18.3 Å². The van der Waals surface area contributed by atoms with Gasteiger partial charge in [0.1, 0.15) is 12.7 Å². The van der Waals surface area contributed by atoms with Gasteiger partial charge >= 0.3 is 6.18 Å². The van der Waals surface area contributed by atoms with E-state index < -0.39 is 17.3 Å². The number of alkyl halides is 3. The number of benzene rings is 1. The van der Waals surface area contributed by atoms with Crippen LogP contribution in [0.1, 0.15) is 30.4 Å². The SMILES string of the molecule is OC1(Cn2cncn2)CCCC1Cc1cccc(C(F)(F)F)c1. The van der Waals surface area contributed by atoms with Crippen molar-refractivity contribution in [2.75, 3.05) is 0 Å². The quantitative estimate of drug-likeness (QED) is 0.940. The lowest BCUT2D eigenvalue weighted by Crippen LogP contribution is -2.39. The number of hydrogen-bond donors (Lipinski definition) is 1. The summed E-state index contributed by atoms with van der Waals surface area (Å²) in [6.07, 6.45) is 1.29. The lowest BCUT2D eigenvalue weighted by Gasteiger charge is -2.30. The van der Waals surface area contributed by atoms with Crippen LogP contribution in [-0.4, -0.2) is 25.5 Å². The molecule has 1 aromatic heterocycles. The summed E-state index contributed by atoms with van der Waals surface area (Å²) in [6.45, 7) is 0.316. The van der Waals surface area contributed by atoms with Gasteiger partial charge < -0.3 is 5.11 Å². The largest absolute Gasteiger partial charge is 0.416 e. The van der Waals surface area contributed by atoms with Crippen molar-refractivity contribution < 1.29 is 18.3 Å². The van der Waals surface area contributed by atoms with E-state index in [1.165, 1.54) is 24.8 Å². The van der Waals surface area contributed by atoms with E-state index in [1.54, 1.807) is 10.7 Å². The van der Waals surface area contributed by atoms with E-state index >= 15 is 0 Å². The van der Waals surface area contributed by atoms with Gasteiger partial charge in [-0.25, -0.2) is 4.98 Å². The Labute approximate surface area is 132 Å². The van der Waals surface area contributed by atoms with Crippen LogP contribution in [-0.2, 0) is 19.1 Å². The number of aliphatic hydroxyl groups is 1. The molecule has 3 rings (SSSR count). The molecule has 1 aliphatic carbocycles. The van der Waals surface area contributed by atoms with Gasteiger partial charge in [0, 0.05) is 0 Å². The first-order valence-electron chi connectivity index (χ1n) is 7.58. The predicted molar refractivity (Wildman–Crippen MR) is 77.5 cm³/mol. The molecular weight excluding hydrogens is 307 g/mol. The molecule has 0 saturated heterocycles. The van der Waals surface area contributed by atoms with Crippen molar-refractivity contribution in [2.45, 2.75) is 44.0 Å². The predicted octanol–water partition coefficient (Wildman–Crippen LogP) is 3.07. The van der Waals surface area contributed by atoms with Crippen molar-refractivity contribution in [1.29, 1.82) is 0 Å². The molecule has 1 saturated carbocycles. The molecule has 0 bridgehead atoms. The normalized spacial score (nSPS) is 25.0. The first-order chi connectivity index (χ1) is 10.9. The Hall–Kier alpha value is -1.89. The van der Waals surface area contributed by atoms with Crippen molar-refractivity contribution in [1.82, 2.24) is 14.8 Å². The Morgan fingerprint density at radius 3 is 2.87 bits per heavy atom. The van der Waals surface area contributed by atoms with Crippen molar-refractivity contribution in [3.63, 3.8) is 0 Å². The van der Waals surface area contributed by atoms with Gasteiger partial charge in [-0.3, -0.25) is 4.68 Å². The third kappa shape index (κ3) is 3.55. The van der Waals surface area contributed by atoms with E-state index in [1.807, 2.05) is 0 Å². The van der Waals surface area contributed by atoms with Gasteiger partial charge in [0.2, 0.25) is 0 Å². The average molecular weight is 325 g/mol. The molecule has 2 aromatic rings. The minimum atomic E-state index is -4.34. The van der Waals surface area contributed by atoms with Gasteiger partial charge in [-0.1, -0.05) is 24.6 Å². The van der Waals surface area contributed by atoms with Crippen LogP contribution in [0, 0.1) is 5.92 Å². The molecule has 0 aliphatic heterocycles. The van der Waals surface area contributed by atoms with Gasteiger partial charge in [0.25, 0.3) is 0 Å². The maximum absolute atomic E-state index is 12.8. The van der Waals surface area contributed by atoms with Crippen LogP contribution in [0.25, 0.3) is 0 Å². The Kier molecular flexibility index (Phi) is 4.14. The molecule has 0 amide bonds. The summed E-state index contributed by atoms with van der Waals surface area (Å²) in [6, 6.07) is 5.35. The first kappa shape index (κ1) is 16.0. The lowest BCUT2D eigenvalue weighted by molar-refractivity contribution is -0.137. The summed E-state index contributed by atoms with van der Waals surface area (Å²) in [7, 11) is 0. The summed E-state index contributed by atoms with van der Waals surface area (Å²) in [5.41, 5.74) is -1.00. The average Bonchev–Trinajstić information content (AvgIpc) is 3.10. The summed E-state index contributed by atoms with van der Waals surface area (Å²) in [4.78, 5) is 3.86. The monoisotopic (exact) mass is 325 g/mol. The zero-order valence-electron chi connectivity index (χ0n) is 12.5. The fraction of sp³-hybridized carbons (Fsp3) is 0.500. The fourth-order valence-electron chi connectivity index (χ4n) is 3.38. The zero-order chi connectivity index (χ0) is 16.5. The van der Waals surface area contributed by atoms with Crippen molar-refractivity contribution in [3.05, 3.63) is 48.0 Å². The van der Waals surface area contributed by atoms with Crippen LogP contribution in [0.4, 0.5) is 13.2 Å². The third-order valence-electron chi connectivity index (χ3n) is 4.56. The highest BCUT2D eigenvalue weighted by Crippen LogP contribution is 2.39. The fourth-order valence-corrected chi connectivity index (χ4v) is 3.38. The Morgan fingerprint density at radius 2 is 2.17 bits per heavy atom. The Bertz CT molecular complexity index is 657. The standard InChI is InChI=1S/C16H18F3N3O/c17-16(18,19)14-4-1-3-12(8-14)7-13-5-2-6-15(13,23)9-22-11-20-10-21-22/h1,3-4,8,10-11,13,23H,2,5-7,9H2. The van der Waals surface area contributed by atoms with Crippen LogP contribution in [0.15, 0.2) is 36.9 Å². The summed E-state index contributed by atoms with van der Waals surface area (Å²) in [5, 5.41) is 14.9. The number of hydrogen-bond acceptors (Lipinski definition) is 3. The lowest BCUT2D eigenvalue weighted by atomic mass is 9.85. The van der Waals surface area contributed by atoms with Crippen LogP contribution < -0.4 is 0 Å². The Morgan fingerprint density at radius 1 is 1.35 bits per heavy atom. The molecule has 23 heavy (non-hydrogen) atoms. The number of nitrogens with zero attached hydrogens (tertiary/aromatic N) is 3. The Balaban J connectivity index is 1.76. The van der Waals surface area contributed by atoms with E-state index in [-0.39, 0.29) is 5.92 Å². The van der Waals surface area contributed by atoms with Gasteiger partial charge in [-0.15, -0.1) is 0 Å². The topological polar surface area (TPSA) is 50.9 Å².